The Labute approximate surface area is 222 Å². The summed E-state index contributed by atoms with van der Waals surface area (Å²) in [5.41, 5.74) is 2.77. The quantitative estimate of drug-likeness (QED) is 0.176. The maximum atomic E-state index is 13.4. The molecule has 0 spiro atoms. The number of ether oxygens (including phenoxy) is 2. The number of aliphatic hydroxyl groups is 1. The average molecular weight is 514 g/mol. The molecule has 0 saturated carbocycles. The van der Waals surface area contributed by atoms with Crippen LogP contribution in [-0.4, -0.2) is 36.0 Å². The fourth-order valence-corrected chi connectivity index (χ4v) is 4.37. The molecule has 1 atom stereocenters. The molecule has 1 unspecified atom stereocenters. The molecular weight excluding hydrogens is 482 g/mol. The van der Waals surface area contributed by atoms with Crippen molar-refractivity contribution in [3.8, 4) is 5.75 Å². The van der Waals surface area contributed by atoms with E-state index in [-0.39, 0.29) is 17.3 Å². The van der Waals surface area contributed by atoms with Gasteiger partial charge in [-0.1, -0.05) is 43.7 Å². The van der Waals surface area contributed by atoms with Crippen LogP contribution in [0, 0.1) is 12.8 Å². The van der Waals surface area contributed by atoms with Crippen LogP contribution < -0.4 is 9.64 Å². The van der Waals surface area contributed by atoms with Crippen molar-refractivity contribution in [2.45, 2.75) is 33.7 Å². The van der Waals surface area contributed by atoms with E-state index in [9.17, 15) is 19.5 Å². The van der Waals surface area contributed by atoms with E-state index in [1.165, 1.54) is 4.90 Å². The molecule has 1 N–H and O–H groups in total. The highest BCUT2D eigenvalue weighted by molar-refractivity contribution is 6.51. The molecule has 7 heteroatoms. The molecule has 4 rings (SSSR count). The number of aliphatic hydroxyl groups excluding tert-OH is 1. The fraction of sp³-hybridized carbons (Fsp3) is 0.258. The number of Topliss-reactive ketones (excluding diaryl/α,β-unsaturated/α-hetero) is 1. The summed E-state index contributed by atoms with van der Waals surface area (Å²) in [5.74, 6) is -1.45. The Morgan fingerprint density at radius 3 is 2.24 bits per heavy atom. The Bertz CT molecular complexity index is 1370. The average Bonchev–Trinajstić information content (AvgIpc) is 3.17. The number of hydrogen-bond acceptors (Lipinski definition) is 6. The molecule has 0 bridgehead atoms. The van der Waals surface area contributed by atoms with Crippen LogP contribution in [0.5, 0.6) is 5.75 Å². The van der Waals surface area contributed by atoms with Gasteiger partial charge in [0.15, 0.2) is 0 Å². The third kappa shape index (κ3) is 5.47. The lowest BCUT2D eigenvalue weighted by Crippen LogP contribution is -2.29. The van der Waals surface area contributed by atoms with Crippen LogP contribution >= 0.6 is 0 Å². The first kappa shape index (κ1) is 26.7. The number of nitrogens with zero attached hydrogens (tertiary/aromatic N) is 1. The van der Waals surface area contributed by atoms with Crippen LogP contribution in [0.3, 0.4) is 0 Å². The molecule has 196 valence electrons. The molecule has 1 aliphatic heterocycles. The van der Waals surface area contributed by atoms with Crippen LogP contribution in [0.4, 0.5) is 5.69 Å². The van der Waals surface area contributed by atoms with Crippen molar-refractivity contribution >= 4 is 29.1 Å². The maximum Gasteiger partial charge on any atom is 0.338 e. The van der Waals surface area contributed by atoms with Gasteiger partial charge in [-0.15, -0.1) is 0 Å². The Balaban J connectivity index is 1.78. The highest BCUT2D eigenvalue weighted by atomic mass is 16.5. The number of ketones is 1. The third-order valence-electron chi connectivity index (χ3n) is 6.17. The van der Waals surface area contributed by atoms with E-state index in [0.717, 1.165) is 5.56 Å². The van der Waals surface area contributed by atoms with Gasteiger partial charge in [-0.2, -0.15) is 0 Å². The Hall–Kier alpha value is -4.39. The van der Waals surface area contributed by atoms with Crippen molar-refractivity contribution in [2.75, 3.05) is 18.1 Å². The van der Waals surface area contributed by atoms with Crippen molar-refractivity contribution in [3.05, 3.63) is 101 Å². The van der Waals surface area contributed by atoms with Gasteiger partial charge in [-0.3, -0.25) is 14.5 Å². The lowest BCUT2D eigenvalue weighted by atomic mass is 9.94. The minimum absolute atomic E-state index is 0.00909. The molecule has 3 aromatic rings. The number of amides is 1. The summed E-state index contributed by atoms with van der Waals surface area (Å²) in [6.07, 6.45) is 0. The summed E-state index contributed by atoms with van der Waals surface area (Å²) in [5, 5.41) is 11.3. The first-order valence-electron chi connectivity index (χ1n) is 12.6. The van der Waals surface area contributed by atoms with Crippen molar-refractivity contribution in [3.63, 3.8) is 0 Å². The van der Waals surface area contributed by atoms with Gasteiger partial charge in [0.1, 0.15) is 11.5 Å². The maximum absolute atomic E-state index is 13.4. The Morgan fingerprint density at radius 2 is 1.63 bits per heavy atom. The van der Waals surface area contributed by atoms with Crippen LogP contribution in [0.15, 0.2) is 78.4 Å². The van der Waals surface area contributed by atoms with Crippen LogP contribution in [0.25, 0.3) is 5.76 Å². The molecule has 0 aromatic heterocycles. The second kappa shape index (κ2) is 11.3. The molecule has 0 radical (unpaired) electrons. The van der Waals surface area contributed by atoms with Gasteiger partial charge in [-0.25, -0.2) is 4.79 Å². The van der Waals surface area contributed by atoms with Crippen molar-refractivity contribution < 1.29 is 29.0 Å². The monoisotopic (exact) mass is 513 g/mol. The summed E-state index contributed by atoms with van der Waals surface area (Å²) in [4.78, 5) is 40.5. The number of hydrogen-bond donors (Lipinski definition) is 1. The van der Waals surface area contributed by atoms with Gasteiger partial charge >= 0.3 is 5.97 Å². The topological polar surface area (TPSA) is 93.1 Å². The number of carbonyl (C=O) groups is 3. The number of esters is 1. The van der Waals surface area contributed by atoms with E-state index >= 15 is 0 Å². The lowest BCUT2D eigenvalue weighted by Gasteiger charge is -2.26. The van der Waals surface area contributed by atoms with E-state index < -0.39 is 23.7 Å². The molecule has 38 heavy (non-hydrogen) atoms. The van der Waals surface area contributed by atoms with Gasteiger partial charge in [0, 0.05) is 11.3 Å². The number of carbonyl (C=O) groups excluding carboxylic acids is 3. The van der Waals surface area contributed by atoms with E-state index in [0.29, 0.717) is 41.3 Å². The first-order valence-corrected chi connectivity index (χ1v) is 12.6. The second-order valence-electron chi connectivity index (χ2n) is 9.58. The van der Waals surface area contributed by atoms with Gasteiger partial charge < -0.3 is 14.6 Å². The summed E-state index contributed by atoms with van der Waals surface area (Å²) >= 11 is 0. The zero-order valence-corrected chi connectivity index (χ0v) is 21.9. The predicted octanol–water partition coefficient (Wildman–Crippen LogP) is 5.83. The lowest BCUT2D eigenvalue weighted by molar-refractivity contribution is -0.132. The van der Waals surface area contributed by atoms with Crippen LogP contribution in [0.1, 0.15) is 53.9 Å². The van der Waals surface area contributed by atoms with E-state index in [1.807, 2.05) is 52.0 Å². The SMILES string of the molecule is CCOc1ccc(/C(O)=C2\C(=O)C(=O)N(c3ccc(C(=O)OCC(C)C)cc3)C2c2cccc(C)c2)cc1. The summed E-state index contributed by atoms with van der Waals surface area (Å²) in [6.45, 7) is 8.49. The highest BCUT2D eigenvalue weighted by Crippen LogP contribution is 2.42. The number of anilines is 1. The molecular formula is C31H31NO6. The standard InChI is InChI=1S/C31H31NO6/c1-5-37-25-15-11-21(12-16-25)28(33)26-27(23-8-6-7-20(4)17-23)32(30(35)29(26)34)24-13-9-22(10-14-24)31(36)38-18-19(2)3/h6-17,19,27,33H,5,18H2,1-4H3/b28-26+. The van der Waals surface area contributed by atoms with Crippen LogP contribution in [0.2, 0.25) is 0 Å². The molecule has 1 heterocycles. The summed E-state index contributed by atoms with van der Waals surface area (Å²) in [7, 11) is 0. The largest absolute Gasteiger partial charge is 0.507 e. The van der Waals surface area contributed by atoms with E-state index in [4.69, 9.17) is 9.47 Å². The predicted molar refractivity (Wildman–Crippen MR) is 145 cm³/mol. The van der Waals surface area contributed by atoms with Gasteiger partial charge in [0.05, 0.1) is 30.4 Å². The Morgan fingerprint density at radius 1 is 0.974 bits per heavy atom. The van der Waals surface area contributed by atoms with Gasteiger partial charge in [0.25, 0.3) is 11.7 Å². The van der Waals surface area contributed by atoms with Crippen molar-refractivity contribution in [1.82, 2.24) is 0 Å². The van der Waals surface area contributed by atoms with E-state index in [2.05, 4.69) is 0 Å². The van der Waals surface area contributed by atoms with Gasteiger partial charge in [0.2, 0.25) is 0 Å². The van der Waals surface area contributed by atoms with Crippen molar-refractivity contribution in [1.29, 1.82) is 0 Å². The zero-order chi connectivity index (χ0) is 27.4. The number of rotatable bonds is 8. The second-order valence-corrected chi connectivity index (χ2v) is 9.58. The van der Waals surface area contributed by atoms with Gasteiger partial charge in [-0.05, 0) is 73.9 Å². The molecule has 1 fully saturated rings. The normalized spacial score (nSPS) is 16.7. The van der Waals surface area contributed by atoms with Crippen molar-refractivity contribution in [2.24, 2.45) is 5.92 Å². The summed E-state index contributed by atoms with van der Waals surface area (Å²) < 4.78 is 10.8. The molecule has 3 aromatic carbocycles. The van der Waals surface area contributed by atoms with E-state index in [1.54, 1.807) is 48.5 Å². The molecule has 1 amide bonds. The third-order valence-corrected chi connectivity index (χ3v) is 6.17. The Kier molecular flexibility index (Phi) is 7.96. The molecule has 0 aliphatic carbocycles. The fourth-order valence-electron chi connectivity index (χ4n) is 4.37. The summed E-state index contributed by atoms with van der Waals surface area (Å²) in [6, 6.07) is 19.7. The smallest absolute Gasteiger partial charge is 0.338 e. The molecule has 7 nitrogen and oxygen atoms in total. The number of benzene rings is 3. The minimum Gasteiger partial charge on any atom is -0.507 e. The number of aryl methyl sites for hydroxylation is 1. The van der Waals surface area contributed by atoms with Crippen LogP contribution in [-0.2, 0) is 14.3 Å². The zero-order valence-electron chi connectivity index (χ0n) is 21.9. The first-order chi connectivity index (χ1) is 18.2. The minimum atomic E-state index is -0.861. The molecule has 1 saturated heterocycles. The highest BCUT2D eigenvalue weighted by Gasteiger charge is 2.47. The molecule has 1 aliphatic rings.